The first-order valence-corrected chi connectivity index (χ1v) is 4.87. The third-order valence-corrected chi connectivity index (χ3v) is 2.62. The van der Waals surface area contributed by atoms with Crippen LogP contribution in [0.4, 0.5) is 4.39 Å². The summed E-state index contributed by atoms with van der Waals surface area (Å²) in [6.45, 7) is 2.03. The lowest BCUT2D eigenvalue weighted by Crippen LogP contribution is -2.27. The van der Waals surface area contributed by atoms with Gasteiger partial charge in [0.2, 0.25) is 0 Å². The number of amides is 1. The van der Waals surface area contributed by atoms with Crippen molar-refractivity contribution in [3.63, 3.8) is 0 Å². The largest absolute Gasteiger partial charge is 0.508 e. The summed E-state index contributed by atoms with van der Waals surface area (Å²) in [5.41, 5.74) is -0.0214. The van der Waals surface area contributed by atoms with Gasteiger partial charge in [-0.15, -0.1) is 0 Å². The highest BCUT2D eigenvalue weighted by Gasteiger charge is 2.34. The van der Waals surface area contributed by atoms with Gasteiger partial charge in [-0.1, -0.05) is 6.92 Å². The molecule has 1 amide bonds. The first-order valence-electron chi connectivity index (χ1n) is 4.87. The van der Waals surface area contributed by atoms with Gasteiger partial charge in [0, 0.05) is 12.1 Å². The Morgan fingerprint density at radius 1 is 1.60 bits per heavy atom. The van der Waals surface area contributed by atoms with Gasteiger partial charge in [0.15, 0.2) is 0 Å². The predicted molar refractivity (Wildman–Crippen MR) is 53.1 cm³/mol. The van der Waals surface area contributed by atoms with E-state index in [2.05, 4.69) is 5.32 Å². The van der Waals surface area contributed by atoms with Crippen molar-refractivity contribution < 1.29 is 14.3 Å². The van der Waals surface area contributed by atoms with Gasteiger partial charge in [0.25, 0.3) is 5.91 Å². The molecule has 1 aliphatic rings. The third kappa shape index (κ3) is 2.09. The summed E-state index contributed by atoms with van der Waals surface area (Å²) in [4.78, 5) is 11.5. The van der Waals surface area contributed by atoms with Crippen LogP contribution in [-0.2, 0) is 0 Å². The first kappa shape index (κ1) is 9.96. The van der Waals surface area contributed by atoms with Crippen molar-refractivity contribution >= 4 is 5.91 Å². The molecule has 1 aliphatic carbocycles. The van der Waals surface area contributed by atoms with Gasteiger partial charge in [-0.05, 0) is 24.5 Å². The second-order valence-electron chi connectivity index (χ2n) is 3.96. The maximum absolute atomic E-state index is 13.2. The van der Waals surface area contributed by atoms with E-state index in [1.54, 1.807) is 0 Å². The Morgan fingerprint density at radius 3 is 2.80 bits per heavy atom. The van der Waals surface area contributed by atoms with Crippen molar-refractivity contribution in [2.24, 2.45) is 5.92 Å². The first-order chi connectivity index (χ1) is 7.08. The van der Waals surface area contributed by atoms with Gasteiger partial charge in [0.1, 0.15) is 11.6 Å². The summed E-state index contributed by atoms with van der Waals surface area (Å²) in [5.74, 6) is -0.805. The summed E-state index contributed by atoms with van der Waals surface area (Å²) in [6.07, 6.45) is 0.950. The molecule has 0 spiro atoms. The van der Waals surface area contributed by atoms with Crippen LogP contribution < -0.4 is 5.32 Å². The second-order valence-corrected chi connectivity index (χ2v) is 3.96. The number of hydrogen-bond acceptors (Lipinski definition) is 2. The molecule has 80 valence electrons. The van der Waals surface area contributed by atoms with Crippen LogP contribution in [0, 0.1) is 11.7 Å². The number of hydrogen-bond donors (Lipinski definition) is 2. The van der Waals surface area contributed by atoms with Crippen LogP contribution in [0.2, 0.25) is 0 Å². The number of phenolic OH excluding ortho intramolecular Hbond substituents is 1. The van der Waals surface area contributed by atoms with Crippen LogP contribution in [0.3, 0.4) is 0 Å². The Bertz CT molecular complexity index is 406. The van der Waals surface area contributed by atoms with Crippen LogP contribution in [0.25, 0.3) is 0 Å². The van der Waals surface area contributed by atoms with E-state index >= 15 is 0 Å². The Morgan fingerprint density at radius 2 is 2.27 bits per heavy atom. The zero-order valence-corrected chi connectivity index (χ0v) is 8.33. The monoisotopic (exact) mass is 209 g/mol. The van der Waals surface area contributed by atoms with E-state index in [9.17, 15) is 9.18 Å². The number of benzene rings is 1. The molecule has 1 aromatic rings. The van der Waals surface area contributed by atoms with Crippen molar-refractivity contribution in [1.29, 1.82) is 0 Å². The Labute approximate surface area is 86.9 Å². The van der Waals surface area contributed by atoms with E-state index in [4.69, 9.17) is 5.11 Å². The molecule has 1 fully saturated rings. The average molecular weight is 209 g/mol. The Hall–Kier alpha value is -1.58. The summed E-state index contributed by atoms with van der Waals surface area (Å²) < 4.78 is 13.2. The minimum absolute atomic E-state index is 0.0214. The molecule has 3 nitrogen and oxygen atoms in total. The quantitative estimate of drug-likeness (QED) is 0.778. The fraction of sp³-hybridized carbons (Fsp3) is 0.364. The molecular formula is C11H12FNO2. The number of carbonyl (C=O) groups is 1. The van der Waals surface area contributed by atoms with Crippen molar-refractivity contribution in [3.8, 4) is 5.75 Å². The molecule has 4 heteroatoms. The zero-order valence-electron chi connectivity index (χ0n) is 8.33. The minimum Gasteiger partial charge on any atom is -0.508 e. The van der Waals surface area contributed by atoms with E-state index in [-0.39, 0.29) is 17.4 Å². The Balaban J connectivity index is 2.11. The van der Waals surface area contributed by atoms with E-state index in [1.807, 2.05) is 6.92 Å². The smallest absolute Gasteiger partial charge is 0.254 e. The number of rotatable bonds is 2. The molecule has 1 aromatic carbocycles. The van der Waals surface area contributed by atoms with Crippen molar-refractivity contribution in [2.75, 3.05) is 0 Å². The van der Waals surface area contributed by atoms with E-state index in [0.29, 0.717) is 5.92 Å². The van der Waals surface area contributed by atoms with Crippen molar-refractivity contribution in [2.45, 2.75) is 19.4 Å². The van der Waals surface area contributed by atoms with Gasteiger partial charge in [-0.25, -0.2) is 4.39 Å². The molecule has 2 atom stereocenters. The van der Waals surface area contributed by atoms with Gasteiger partial charge in [-0.2, -0.15) is 0 Å². The molecule has 2 N–H and O–H groups in total. The number of nitrogens with one attached hydrogen (secondary N) is 1. The van der Waals surface area contributed by atoms with Crippen LogP contribution >= 0.6 is 0 Å². The number of halogens is 1. The van der Waals surface area contributed by atoms with Crippen LogP contribution in [0.15, 0.2) is 18.2 Å². The average Bonchev–Trinajstić information content (AvgIpc) is 2.81. The topological polar surface area (TPSA) is 49.3 Å². The van der Waals surface area contributed by atoms with E-state index in [0.717, 1.165) is 12.5 Å². The molecular weight excluding hydrogens is 197 g/mol. The third-order valence-electron chi connectivity index (χ3n) is 2.62. The molecule has 0 saturated heterocycles. The predicted octanol–water partition coefficient (Wildman–Crippen LogP) is 1.67. The molecule has 15 heavy (non-hydrogen) atoms. The van der Waals surface area contributed by atoms with Crippen LogP contribution in [-0.4, -0.2) is 17.1 Å². The molecule has 0 bridgehead atoms. The SMILES string of the molecule is CC1CC1NC(=O)c1ccc(O)cc1F. The summed E-state index contributed by atoms with van der Waals surface area (Å²) in [5, 5.41) is 11.7. The summed E-state index contributed by atoms with van der Waals surface area (Å²) in [7, 11) is 0. The standard InChI is InChI=1S/C11H12FNO2/c1-6-4-10(6)13-11(15)8-3-2-7(14)5-9(8)12/h2-3,5-6,10,14H,4H2,1H3,(H,13,15). The van der Waals surface area contributed by atoms with Gasteiger partial charge in [0.05, 0.1) is 5.56 Å². The minimum atomic E-state index is -0.694. The molecule has 1 saturated carbocycles. The van der Waals surface area contributed by atoms with Crippen molar-refractivity contribution in [3.05, 3.63) is 29.6 Å². The molecule has 0 aromatic heterocycles. The summed E-state index contributed by atoms with van der Waals surface area (Å²) >= 11 is 0. The maximum Gasteiger partial charge on any atom is 0.254 e. The number of carbonyl (C=O) groups excluding carboxylic acids is 1. The lowest BCUT2D eigenvalue weighted by molar-refractivity contribution is 0.0945. The molecule has 2 rings (SSSR count). The van der Waals surface area contributed by atoms with Gasteiger partial charge in [-0.3, -0.25) is 4.79 Å². The van der Waals surface area contributed by atoms with Crippen LogP contribution in [0.1, 0.15) is 23.7 Å². The zero-order chi connectivity index (χ0) is 11.0. The second kappa shape index (κ2) is 3.53. The number of aromatic hydroxyl groups is 1. The molecule has 0 heterocycles. The maximum atomic E-state index is 13.2. The van der Waals surface area contributed by atoms with E-state index < -0.39 is 11.7 Å². The van der Waals surface area contributed by atoms with Crippen LogP contribution in [0.5, 0.6) is 5.75 Å². The fourth-order valence-corrected chi connectivity index (χ4v) is 1.46. The lowest BCUT2D eigenvalue weighted by Gasteiger charge is -2.04. The highest BCUT2D eigenvalue weighted by atomic mass is 19.1. The lowest BCUT2D eigenvalue weighted by atomic mass is 10.2. The summed E-state index contributed by atoms with van der Waals surface area (Å²) in [6, 6.07) is 3.69. The number of phenols is 1. The van der Waals surface area contributed by atoms with Gasteiger partial charge >= 0.3 is 0 Å². The Kier molecular flexibility index (Phi) is 2.34. The highest BCUT2D eigenvalue weighted by Crippen LogP contribution is 2.29. The molecule has 0 radical (unpaired) electrons. The normalized spacial score (nSPS) is 23.6. The van der Waals surface area contributed by atoms with E-state index in [1.165, 1.54) is 12.1 Å². The van der Waals surface area contributed by atoms with Gasteiger partial charge < -0.3 is 10.4 Å². The molecule has 2 unspecified atom stereocenters. The van der Waals surface area contributed by atoms with Crippen molar-refractivity contribution in [1.82, 2.24) is 5.32 Å². The highest BCUT2D eigenvalue weighted by molar-refractivity contribution is 5.95. The fourth-order valence-electron chi connectivity index (χ4n) is 1.46. The molecule has 0 aliphatic heterocycles.